The molecule has 1 saturated carbocycles. The highest BCUT2D eigenvalue weighted by atomic mass is 32.2. The van der Waals surface area contributed by atoms with Gasteiger partial charge in [-0.15, -0.1) is 11.8 Å². The molecule has 1 atom stereocenters. The largest absolute Gasteiger partial charge is 0.353 e. The van der Waals surface area contributed by atoms with Crippen LogP contribution < -0.4 is 11.1 Å². The maximum atomic E-state index is 12.1. The number of carbonyl (C=O) groups is 1. The molecule has 3 N–H and O–H groups in total. The van der Waals surface area contributed by atoms with Crippen LogP contribution in [-0.4, -0.2) is 23.2 Å². The number of nitrogens with one attached hydrogen (secondary N) is 1. The second-order valence-corrected chi connectivity index (χ2v) is 6.83. The molecule has 2 rings (SSSR count). The standard InChI is InChI=1S/C15H22N2OS/c1-12(19-13-7-3-2-4-8-13)11-17-14(18)15(16)9-5-6-10-15/h2-4,7-8,12H,5-6,9-11,16H2,1H3,(H,17,18). The number of amides is 1. The van der Waals surface area contributed by atoms with Crippen molar-refractivity contribution in [1.29, 1.82) is 0 Å². The summed E-state index contributed by atoms with van der Waals surface area (Å²) in [5.41, 5.74) is 5.51. The Balaban J connectivity index is 1.77. The van der Waals surface area contributed by atoms with E-state index in [1.807, 2.05) is 18.2 Å². The van der Waals surface area contributed by atoms with Crippen molar-refractivity contribution in [3.63, 3.8) is 0 Å². The van der Waals surface area contributed by atoms with Crippen LogP contribution in [0.25, 0.3) is 0 Å². The molecule has 1 aliphatic carbocycles. The van der Waals surface area contributed by atoms with E-state index in [1.165, 1.54) is 4.90 Å². The third-order valence-electron chi connectivity index (χ3n) is 3.58. The highest BCUT2D eigenvalue weighted by molar-refractivity contribution is 8.00. The normalized spacial score (nSPS) is 19.1. The molecule has 0 aromatic heterocycles. The molecule has 0 aliphatic heterocycles. The van der Waals surface area contributed by atoms with Gasteiger partial charge in [0.25, 0.3) is 0 Å². The van der Waals surface area contributed by atoms with Gasteiger partial charge in [0.15, 0.2) is 0 Å². The number of nitrogens with two attached hydrogens (primary N) is 1. The number of hydrogen-bond donors (Lipinski definition) is 2. The van der Waals surface area contributed by atoms with Gasteiger partial charge in [-0.25, -0.2) is 0 Å². The summed E-state index contributed by atoms with van der Waals surface area (Å²) < 4.78 is 0. The molecule has 0 bridgehead atoms. The summed E-state index contributed by atoms with van der Waals surface area (Å²) >= 11 is 1.77. The molecule has 1 fully saturated rings. The Morgan fingerprint density at radius 2 is 2.00 bits per heavy atom. The van der Waals surface area contributed by atoms with Crippen molar-refractivity contribution in [2.45, 2.75) is 48.3 Å². The van der Waals surface area contributed by atoms with E-state index in [1.54, 1.807) is 11.8 Å². The molecule has 1 aliphatic rings. The zero-order valence-corrected chi connectivity index (χ0v) is 12.2. The zero-order chi connectivity index (χ0) is 13.7. The summed E-state index contributed by atoms with van der Waals surface area (Å²) in [6.07, 6.45) is 3.77. The summed E-state index contributed by atoms with van der Waals surface area (Å²) in [6, 6.07) is 10.2. The van der Waals surface area contributed by atoms with Crippen molar-refractivity contribution >= 4 is 17.7 Å². The lowest BCUT2D eigenvalue weighted by molar-refractivity contribution is -0.126. The van der Waals surface area contributed by atoms with Crippen LogP contribution in [0.1, 0.15) is 32.6 Å². The molecule has 1 amide bonds. The highest BCUT2D eigenvalue weighted by Gasteiger charge is 2.36. The minimum absolute atomic E-state index is 0.0190. The number of thioether (sulfide) groups is 1. The van der Waals surface area contributed by atoms with Gasteiger partial charge in [-0.2, -0.15) is 0 Å². The molecule has 3 nitrogen and oxygen atoms in total. The molecule has 0 saturated heterocycles. The molecule has 1 aromatic rings. The third kappa shape index (κ3) is 3.98. The Morgan fingerprint density at radius 1 is 1.37 bits per heavy atom. The molecule has 0 radical (unpaired) electrons. The Kier molecular flexibility index (Phi) is 4.88. The Bertz CT molecular complexity index is 415. The molecule has 1 aromatic carbocycles. The molecule has 1 unspecified atom stereocenters. The van der Waals surface area contributed by atoms with Crippen molar-refractivity contribution in [3.05, 3.63) is 30.3 Å². The fourth-order valence-corrected chi connectivity index (χ4v) is 3.36. The van der Waals surface area contributed by atoms with E-state index in [0.717, 1.165) is 25.7 Å². The lowest BCUT2D eigenvalue weighted by Gasteiger charge is -2.23. The Hall–Kier alpha value is -1.00. The van der Waals surface area contributed by atoms with Crippen LogP contribution in [0.15, 0.2) is 35.2 Å². The predicted molar refractivity (Wildman–Crippen MR) is 80.2 cm³/mol. The summed E-state index contributed by atoms with van der Waals surface area (Å²) in [4.78, 5) is 13.3. The molecular formula is C15H22N2OS. The van der Waals surface area contributed by atoms with Gasteiger partial charge < -0.3 is 11.1 Å². The quantitative estimate of drug-likeness (QED) is 0.814. The lowest BCUT2D eigenvalue weighted by Crippen LogP contribution is -2.52. The van der Waals surface area contributed by atoms with Crippen molar-refractivity contribution in [2.75, 3.05) is 6.54 Å². The van der Waals surface area contributed by atoms with E-state index < -0.39 is 5.54 Å². The Morgan fingerprint density at radius 3 is 2.63 bits per heavy atom. The van der Waals surface area contributed by atoms with E-state index in [-0.39, 0.29) is 5.91 Å². The maximum absolute atomic E-state index is 12.1. The first-order valence-corrected chi connectivity index (χ1v) is 7.77. The molecule has 0 heterocycles. The minimum atomic E-state index is -0.614. The van der Waals surface area contributed by atoms with Crippen LogP contribution in [0, 0.1) is 0 Å². The van der Waals surface area contributed by atoms with Gasteiger partial charge in [-0.3, -0.25) is 4.79 Å². The van der Waals surface area contributed by atoms with E-state index in [2.05, 4.69) is 24.4 Å². The average molecular weight is 278 g/mol. The molecule has 19 heavy (non-hydrogen) atoms. The summed E-state index contributed by atoms with van der Waals surface area (Å²) in [5, 5.41) is 3.34. The van der Waals surface area contributed by atoms with Crippen LogP contribution in [0.3, 0.4) is 0 Å². The summed E-state index contributed by atoms with van der Waals surface area (Å²) in [5.74, 6) is 0.0190. The topological polar surface area (TPSA) is 55.1 Å². The van der Waals surface area contributed by atoms with Gasteiger partial charge in [0.2, 0.25) is 5.91 Å². The second-order valence-electron chi connectivity index (χ2n) is 5.31. The SMILES string of the molecule is CC(CNC(=O)C1(N)CCCC1)Sc1ccccc1. The van der Waals surface area contributed by atoms with E-state index in [4.69, 9.17) is 5.73 Å². The average Bonchev–Trinajstić information content (AvgIpc) is 2.85. The molecule has 0 spiro atoms. The summed E-state index contributed by atoms with van der Waals surface area (Å²) in [6.45, 7) is 2.78. The van der Waals surface area contributed by atoms with Gasteiger partial charge in [0.05, 0.1) is 5.54 Å². The van der Waals surface area contributed by atoms with Crippen molar-refractivity contribution in [2.24, 2.45) is 5.73 Å². The zero-order valence-electron chi connectivity index (χ0n) is 11.4. The van der Waals surface area contributed by atoms with Crippen molar-refractivity contribution < 1.29 is 4.79 Å². The maximum Gasteiger partial charge on any atom is 0.240 e. The van der Waals surface area contributed by atoms with Crippen LogP contribution in [0.2, 0.25) is 0 Å². The molecule has 104 valence electrons. The molecular weight excluding hydrogens is 256 g/mol. The second kappa shape index (κ2) is 6.44. The number of hydrogen-bond acceptors (Lipinski definition) is 3. The van der Waals surface area contributed by atoms with E-state index in [9.17, 15) is 4.79 Å². The van der Waals surface area contributed by atoms with Gasteiger partial charge in [-0.05, 0) is 25.0 Å². The monoisotopic (exact) mass is 278 g/mol. The Labute approximate surface area is 119 Å². The number of benzene rings is 1. The summed E-state index contributed by atoms with van der Waals surface area (Å²) in [7, 11) is 0. The van der Waals surface area contributed by atoms with E-state index in [0.29, 0.717) is 11.8 Å². The van der Waals surface area contributed by atoms with Gasteiger partial charge in [0.1, 0.15) is 0 Å². The smallest absolute Gasteiger partial charge is 0.240 e. The first kappa shape index (κ1) is 14.4. The number of carbonyl (C=O) groups excluding carboxylic acids is 1. The highest BCUT2D eigenvalue weighted by Crippen LogP contribution is 2.27. The first-order chi connectivity index (χ1) is 9.10. The van der Waals surface area contributed by atoms with Crippen molar-refractivity contribution in [3.8, 4) is 0 Å². The minimum Gasteiger partial charge on any atom is -0.353 e. The van der Waals surface area contributed by atoms with Gasteiger partial charge in [0, 0.05) is 16.7 Å². The first-order valence-electron chi connectivity index (χ1n) is 6.89. The van der Waals surface area contributed by atoms with Crippen LogP contribution in [0.5, 0.6) is 0 Å². The van der Waals surface area contributed by atoms with Crippen LogP contribution >= 0.6 is 11.8 Å². The third-order valence-corrected chi connectivity index (χ3v) is 4.69. The van der Waals surface area contributed by atoms with Gasteiger partial charge >= 0.3 is 0 Å². The fourth-order valence-electron chi connectivity index (χ4n) is 2.42. The van der Waals surface area contributed by atoms with Crippen LogP contribution in [-0.2, 0) is 4.79 Å². The van der Waals surface area contributed by atoms with Crippen molar-refractivity contribution in [1.82, 2.24) is 5.32 Å². The fraction of sp³-hybridized carbons (Fsp3) is 0.533. The molecule has 4 heteroatoms. The van der Waals surface area contributed by atoms with Crippen LogP contribution in [0.4, 0.5) is 0 Å². The number of rotatable bonds is 5. The van der Waals surface area contributed by atoms with E-state index >= 15 is 0 Å². The lowest BCUT2D eigenvalue weighted by atomic mass is 9.98. The van der Waals surface area contributed by atoms with Gasteiger partial charge in [-0.1, -0.05) is 38.0 Å². The predicted octanol–water partition coefficient (Wildman–Crippen LogP) is 2.55.